The van der Waals surface area contributed by atoms with Gasteiger partial charge >= 0.3 is 0 Å². The highest BCUT2D eigenvalue weighted by molar-refractivity contribution is 5.85. The maximum absolute atomic E-state index is 11.9. The third-order valence-corrected chi connectivity index (χ3v) is 3.79. The Bertz CT molecular complexity index is 414. The largest absolute Gasteiger partial charge is 0.393 e. The molecule has 1 saturated carbocycles. The van der Waals surface area contributed by atoms with Gasteiger partial charge in [-0.1, -0.05) is 36.8 Å². The van der Waals surface area contributed by atoms with Crippen LogP contribution in [0.4, 0.5) is 0 Å². The Morgan fingerprint density at radius 2 is 2.05 bits per heavy atom. The van der Waals surface area contributed by atoms with Crippen LogP contribution in [0.5, 0.6) is 0 Å². The van der Waals surface area contributed by atoms with Gasteiger partial charge in [0.25, 0.3) is 0 Å². The number of hydrogen-bond donors (Lipinski definition) is 3. The van der Waals surface area contributed by atoms with Crippen molar-refractivity contribution in [1.29, 1.82) is 0 Å². The maximum Gasteiger partial charge on any atom is 0.237 e. The maximum atomic E-state index is 11.9. The fourth-order valence-corrected chi connectivity index (χ4v) is 2.58. The van der Waals surface area contributed by atoms with Crippen LogP contribution < -0.4 is 11.1 Å². The van der Waals surface area contributed by atoms with Gasteiger partial charge in [0, 0.05) is 12.5 Å². The molecule has 0 radical (unpaired) electrons. The third kappa shape index (κ3) is 4.78. The third-order valence-electron chi connectivity index (χ3n) is 3.79. The molecule has 0 heterocycles. The van der Waals surface area contributed by atoms with Gasteiger partial charge in [0.15, 0.2) is 0 Å². The fraction of sp³-hybridized carbons (Fsp3) is 0.533. The SMILES string of the molecule is Cl.N[C@@H](Cc1ccccc1)C(=O)NCC1CCCC1O. The van der Waals surface area contributed by atoms with Gasteiger partial charge in [-0.3, -0.25) is 4.79 Å². The first-order chi connectivity index (χ1) is 9.16. The monoisotopic (exact) mass is 298 g/mol. The normalized spacial score (nSPS) is 22.9. The van der Waals surface area contributed by atoms with Crippen molar-refractivity contribution in [1.82, 2.24) is 5.32 Å². The molecule has 0 aliphatic heterocycles. The zero-order chi connectivity index (χ0) is 13.7. The second kappa shape index (κ2) is 8.25. The summed E-state index contributed by atoms with van der Waals surface area (Å²) in [6.45, 7) is 0.530. The Balaban J connectivity index is 0.00000200. The van der Waals surface area contributed by atoms with Gasteiger partial charge in [0.05, 0.1) is 12.1 Å². The molecule has 1 aromatic carbocycles. The Morgan fingerprint density at radius 3 is 2.65 bits per heavy atom. The van der Waals surface area contributed by atoms with Crippen LogP contribution in [0, 0.1) is 5.92 Å². The van der Waals surface area contributed by atoms with Crippen LogP contribution in [0.3, 0.4) is 0 Å². The van der Waals surface area contributed by atoms with Crippen LogP contribution in [0.2, 0.25) is 0 Å². The number of rotatable bonds is 5. The van der Waals surface area contributed by atoms with Crippen LogP contribution in [0.25, 0.3) is 0 Å². The molecule has 1 aliphatic carbocycles. The van der Waals surface area contributed by atoms with Crippen molar-refractivity contribution in [2.24, 2.45) is 11.7 Å². The molecule has 5 heteroatoms. The lowest BCUT2D eigenvalue weighted by molar-refractivity contribution is -0.122. The number of halogens is 1. The number of benzene rings is 1. The highest BCUT2D eigenvalue weighted by atomic mass is 35.5. The molecule has 1 fully saturated rings. The van der Waals surface area contributed by atoms with Crippen LogP contribution >= 0.6 is 12.4 Å². The summed E-state index contributed by atoms with van der Waals surface area (Å²) in [4.78, 5) is 11.9. The van der Waals surface area contributed by atoms with Crippen LogP contribution in [-0.2, 0) is 11.2 Å². The molecule has 2 unspecified atom stereocenters. The summed E-state index contributed by atoms with van der Waals surface area (Å²) in [5, 5.41) is 12.5. The predicted octanol–water partition coefficient (Wildman–Crippen LogP) is 1.26. The average Bonchev–Trinajstić information content (AvgIpc) is 2.82. The standard InChI is InChI=1S/C15H22N2O2.ClH/c16-13(9-11-5-2-1-3-6-11)15(19)17-10-12-7-4-8-14(12)18;/h1-3,5-6,12-14,18H,4,7-10,16H2,(H,17,19);1H/t12?,13-,14?;/m0./s1. The Hall–Kier alpha value is -1.10. The number of aliphatic hydroxyl groups is 1. The number of nitrogens with two attached hydrogens (primary N) is 1. The summed E-state index contributed by atoms with van der Waals surface area (Å²) in [5.74, 6) is 0.0517. The van der Waals surface area contributed by atoms with Crippen molar-refractivity contribution in [3.63, 3.8) is 0 Å². The van der Waals surface area contributed by atoms with E-state index >= 15 is 0 Å². The van der Waals surface area contributed by atoms with Gasteiger partial charge in [0.2, 0.25) is 5.91 Å². The first kappa shape index (κ1) is 17.0. The van der Waals surface area contributed by atoms with E-state index in [1.807, 2.05) is 30.3 Å². The van der Waals surface area contributed by atoms with E-state index in [0.29, 0.717) is 13.0 Å². The summed E-state index contributed by atoms with van der Waals surface area (Å²) >= 11 is 0. The number of aliphatic hydroxyl groups excluding tert-OH is 1. The Kier molecular flexibility index (Phi) is 6.99. The second-order valence-electron chi connectivity index (χ2n) is 5.30. The van der Waals surface area contributed by atoms with Gasteiger partial charge in [-0.15, -0.1) is 12.4 Å². The molecule has 1 amide bonds. The lowest BCUT2D eigenvalue weighted by atomic mass is 10.0. The topological polar surface area (TPSA) is 75.4 Å². The van der Waals surface area contributed by atoms with Crippen molar-refractivity contribution >= 4 is 18.3 Å². The molecule has 0 saturated heterocycles. The number of carbonyl (C=O) groups excluding carboxylic acids is 1. The zero-order valence-electron chi connectivity index (χ0n) is 11.5. The number of amides is 1. The molecule has 112 valence electrons. The summed E-state index contributed by atoms with van der Waals surface area (Å²) in [6.07, 6.45) is 3.13. The lowest BCUT2D eigenvalue weighted by Crippen LogP contribution is -2.44. The van der Waals surface area contributed by atoms with Crippen LogP contribution in [-0.4, -0.2) is 29.7 Å². The van der Waals surface area contributed by atoms with Crippen LogP contribution in [0.15, 0.2) is 30.3 Å². The van der Waals surface area contributed by atoms with Gasteiger partial charge in [-0.25, -0.2) is 0 Å². The summed E-state index contributed by atoms with van der Waals surface area (Å²) in [7, 11) is 0. The van der Waals surface area contributed by atoms with Crippen LogP contribution in [0.1, 0.15) is 24.8 Å². The molecule has 4 nitrogen and oxygen atoms in total. The van der Waals surface area contributed by atoms with E-state index in [-0.39, 0.29) is 30.3 Å². The van der Waals surface area contributed by atoms with E-state index in [1.54, 1.807) is 0 Å². The van der Waals surface area contributed by atoms with E-state index in [4.69, 9.17) is 5.73 Å². The number of nitrogens with one attached hydrogen (secondary N) is 1. The average molecular weight is 299 g/mol. The molecule has 20 heavy (non-hydrogen) atoms. The van der Waals surface area contributed by atoms with E-state index in [2.05, 4.69) is 5.32 Å². The number of hydrogen-bond acceptors (Lipinski definition) is 3. The first-order valence-corrected chi connectivity index (χ1v) is 6.92. The van der Waals surface area contributed by atoms with E-state index in [9.17, 15) is 9.90 Å². The summed E-state index contributed by atoms with van der Waals surface area (Å²) < 4.78 is 0. The lowest BCUT2D eigenvalue weighted by Gasteiger charge is -2.17. The molecular formula is C15H23ClN2O2. The molecule has 1 aromatic rings. The van der Waals surface area contributed by atoms with Crippen molar-refractivity contribution in [2.75, 3.05) is 6.54 Å². The Morgan fingerprint density at radius 1 is 1.35 bits per heavy atom. The van der Waals surface area contributed by atoms with Crippen molar-refractivity contribution in [3.8, 4) is 0 Å². The van der Waals surface area contributed by atoms with Gasteiger partial charge in [-0.2, -0.15) is 0 Å². The molecule has 0 bridgehead atoms. The minimum atomic E-state index is -0.527. The zero-order valence-corrected chi connectivity index (χ0v) is 12.3. The Labute approximate surface area is 126 Å². The summed E-state index contributed by atoms with van der Waals surface area (Å²) in [6, 6.07) is 9.23. The molecule has 1 aliphatic rings. The minimum absolute atomic E-state index is 0. The highest BCUT2D eigenvalue weighted by Gasteiger charge is 2.26. The fourth-order valence-electron chi connectivity index (χ4n) is 2.58. The van der Waals surface area contributed by atoms with Crippen molar-refractivity contribution in [2.45, 2.75) is 37.8 Å². The van der Waals surface area contributed by atoms with Gasteiger partial charge < -0.3 is 16.2 Å². The smallest absolute Gasteiger partial charge is 0.237 e. The number of carbonyl (C=O) groups is 1. The second-order valence-corrected chi connectivity index (χ2v) is 5.30. The molecule has 0 aromatic heterocycles. The minimum Gasteiger partial charge on any atom is -0.393 e. The van der Waals surface area contributed by atoms with Gasteiger partial charge in [-0.05, 0) is 24.8 Å². The van der Waals surface area contributed by atoms with E-state index < -0.39 is 6.04 Å². The molecular weight excluding hydrogens is 276 g/mol. The molecule has 3 atom stereocenters. The van der Waals surface area contributed by atoms with Gasteiger partial charge in [0.1, 0.15) is 0 Å². The molecule has 2 rings (SSSR count). The van der Waals surface area contributed by atoms with E-state index in [1.165, 1.54) is 0 Å². The predicted molar refractivity (Wildman–Crippen MR) is 81.7 cm³/mol. The van der Waals surface area contributed by atoms with Crippen molar-refractivity contribution < 1.29 is 9.90 Å². The molecule has 4 N–H and O–H groups in total. The van der Waals surface area contributed by atoms with E-state index in [0.717, 1.165) is 24.8 Å². The quantitative estimate of drug-likeness (QED) is 0.766. The highest BCUT2D eigenvalue weighted by Crippen LogP contribution is 2.24. The van der Waals surface area contributed by atoms with Crippen molar-refractivity contribution in [3.05, 3.63) is 35.9 Å². The summed E-state index contributed by atoms with van der Waals surface area (Å²) in [5.41, 5.74) is 6.96. The molecule has 0 spiro atoms. The first-order valence-electron chi connectivity index (χ1n) is 6.92.